The number of benzene rings is 1. The first kappa shape index (κ1) is 16.0. The van der Waals surface area contributed by atoms with Crippen molar-refractivity contribution in [3.63, 3.8) is 0 Å². The number of likely N-dealkylation sites (tertiary alicyclic amines) is 1. The van der Waals surface area contributed by atoms with Crippen molar-refractivity contribution in [2.45, 2.75) is 12.8 Å². The van der Waals surface area contributed by atoms with Crippen LogP contribution in [0.5, 0.6) is 5.75 Å². The number of rotatable bonds is 3. The van der Waals surface area contributed by atoms with Gasteiger partial charge in [0.1, 0.15) is 0 Å². The molecule has 0 aliphatic carbocycles. The molecular formula is C18H23FN2O2. The zero-order valence-electron chi connectivity index (χ0n) is 13.4. The van der Waals surface area contributed by atoms with Gasteiger partial charge in [-0.3, -0.25) is 4.79 Å². The summed E-state index contributed by atoms with van der Waals surface area (Å²) in [7, 11) is 1.43. The molecule has 4 nitrogen and oxygen atoms in total. The van der Waals surface area contributed by atoms with E-state index in [1.165, 1.54) is 13.2 Å². The van der Waals surface area contributed by atoms with Gasteiger partial charge in [0.05, 0.1) is 7.11 Å². The van der Waals surface area contributed by atoms with Crippen molar-refractivity contribution >= 4 is 12.0 Å². The predicted molar refractivity (Wildman–Crippen MR) is 87.6 cm³/mol. The van der Waals surface area contributed by atoms with E-state index >= 15 is 0 Å². The van der Waals surface area contributed by atoms with Gasteiger partial charge in [0.2, 0.25) is 5.91 Å². The van der Waals surface area contributed by atoms with Gasteiger partial charge in [-0.05, 0) is 61.5 Å². The first-order valence-corrected chi connectivity index (χ1v) is 8.18. The topological polar surface area (TPSA) is 41.6 Å². The number of methoxy groups -OCH3 is 1. The Hall–Kier alpha value is -1.88. The maximum atomic E-state index is 13.7. The molecule has 23 heavy (non-hydrogen) atoms. The molecule has 0 unspecified atom stereocenters. The molecule has 2 aliphatic heterocycles. The second kappa shape index (κ2) is 7.13. The molecule has 2 fully saturated rings. The van der Waals surface area contributed by atoms with Crippen LogP contribution in [0.15, 0.2) is 24.3 Å². The fourth-order valence-electron chi connectivity index (χ4n) is 3.50. The van der Waals surface area contributed by atoms with Gasteiger partial charge < -0.3 is 15.0 Å². The summed E-state index contributed by atoms with van der Waals surface area (Å²) in [5, 5.41) is 3.43. The second-order valence-corrected chi connectivity index (χ2v) is 6.31. The molecule has 5 heteroatoms. The van der Waals surface area contributed by atoms with Crippen LogP contribution in [-0.4, -0.2) is 44.1 Å². The molecule has 0 bridgehead atoms. The fourth-order valence-corrected chi connectivity index (χ4v) is 3.50. The summed E-state index contributed by atoms with van der Waals surface area (Å²) in [6.07, 6.45) is 5.33. The highest BCUT2D eigenvalue weighted by molar-refractivity contribution is 5.91. The van der Waals surface area contributed by atoms with Crippen molar-refractivity contribution in [1.29, 1.82) is 0 Å². The number of amides is 1. The maximum Gasteiger partial charge on any atom is 0.246 e. The lowest BCUT2D eigenvalue weighted by Gasteiger charge is -2.19. The van der Waals surface area contributed by atoms with E-state index < -0.39 is 5.82 Å². The lowest BCUT2D eigenvalue weighted by molar-refractivity contribution is -0.125. The highest BCUT2D eigenvalue weighted by atomic mass is 19.1. The van der Waals surface area contributed by atoms with Crippen molar-refractivity contribution in [1.82, 2.24) is 10.2 Å². The molecule has 0 aromatic heterocycles. The van der Waals surface area contributed by atoms with Gasteiger partial charge in [0.15, 0.2) is 11.6 Å². The fraction of sp³-hybridized carbons (Fsp3) is 0.500. The van der Waals surface area contributed by atoms with Crippen molar-refractivity contribution in [3.8, 4) is 5.75 Å². The van der Waals surface area contributed by atoms with Gasteiger partial charge >= 0.3 is 0 Å². The van der Waals surface area contributed by atoms with Gasteiger partial charge in [0, 0.05) is 19.2 Å². The summed E-state index contributed by atoms with van der Waals surface area (Å²) < 4.78 is 18.5. The van der Waals surface area contributed by atoms with E-state index in [0.29, 0.717) is 17.4 Å². The first-order chi connectivity index (χ1) is 11.2. The van der Waals surface area contributed by atoms with Crippen molar-refractivity contribution in [2.24, 2.45) is 11.8 Å². The molecule has 2 aliphatic rings. The van der Waals surface area contributed by atoms with Crippen LogP contribution in [0.4, 0.5) is 4.39 Å². The minimum Gasteiger partial charge on any atom is -0.494 e. The van der Waals surface area contributed by atoms with E-state index in [4.69, 9.17) is 4.74 Å². The van der Waals surface area contributed by atoms with E-state index in [9.17, 15) is 9.18 Å². The van der Waals surface area contributed by atoms with E-state index in [1.807, 2.05) is 4.90 Å². The largest absolute Gasteiger partial charge is 0.494 e. The Morgan fingerprint density at radius 1 is 1.30 bits per heavy atom. The van der Waals surface area contributed by atoms with Crippen LogP contribution in [0.3, 0.4) is 0 Å². The van der Waals surface area contributed by atoms with Gasteiger partial charge in [0.25, 0.3) is 0 Å². The van der Waals surface area contributed by atoms with E-state index in [1.54, 1.807) is 24.3 Å². The lowest BCUT2D eigenvalue weighted by atomic mass is 9.92. The summed E-state index contributed by atoms with van der Waals surface area (Å²) in [5.74, 6) is 1.20. The third-order valence-corrected chi connectivity index (χ3v) is 4.93. The molecule has 124 valence electrons. The third-order valence-electron chi connectivity index (χ3n) is 4.93. The number of fused-ring (bicyclic) bond motifs is 1. The van der Waals surface area contributed by atoms with Crippen molar-refractivity contribution in [2.75, 3.05) is 33.3 Å². The Labute approximate surface area is 136 Å². The number of carbonyl (C=O) groups is 1. The van der Waals surface area contributed by atoms with Crippen molar-refractivity contribution in [3.05, 3.63) is 35.7 Å². The number of nitrogens with one attached hydrogen (secondary N) is 1. The number of nitrogens with zero attached hydrogens (tertiary/aromatic N) is 1. The van der Waals surface area contributed by atoms with Gasteiger partial charge in [-0.2, -0.15) is 0 Å². The molecule has 0 spiro atoms. The standard InChI is InChI=1S/C18H23FN2O2/c1-23-17-4-2-13(10-16(17)19)3-5-18(22)21-8-6-14-11-20-12-15(14)7-9-21/h2-5,10,14-15,20H,6-9,11-12H2,1H3/b5-3+/t14-,15+. The average molecular weight is 318 g/mol. The third kappa shape index (κ3) is 3.72. The molecule has 2 saturated heterocycles. The van der Waals surface area contributed by atoms with Crippen LogP contribution in [0.1, 0.15) is 18.4 Å². The summed E-state index contributed by atoms with van der Waals surface area (Å²) in [5.41, 5.74) is 0.660. The summed E-state index contributed by atoms with van der Waals surface area (Å²) in [4.78, 5) is 14.3. The van der Waals surface area contributed by atoms with Crippen LogP contribution >= 0.6 is 0 Å². The minimum atomic E-state index is -0.419. The molecule has 2 heterocycles. The Morgan fingerprint density at radius 3 is 2.61 bits per heavy atom. The number of hydrogen-bond donors (Lipinski definition) is 1. The summed E-state index contributed by atoms with van der Waals surface area (Å²) in [6.45, 7) is 3.77. The summed E-state index contributed by atoms with van der Waals surface area (Å²) in [6, 6.07) is 4.69. The molecule has 1 N–H and O–H groups in total. The SMILES string of the molecule is COc1ccc(/C=C/C(=O)N2CC[C@@H]3CNC[C@@H]3CC2)cc1F. The number of halogens is 1. The van der Waals surface area contributed by atoms with Gasteiger partial charge in [-0.1, -0.05) is 6.07 Å². The molecule has 1 aromatic rings. The van der Waals surface area contributed by atoms with Gasteiger partial charge in [-0.25, -0.2) is 4.39 Å². The molecule has 2 atom stereocenters. The quantitative estimate of drug-likeness (QED) is 0.870. The minimum absolute atomic E-state index is 0.00848. The molecule has 0 radical (unpaired) electrons. The zero-order valence-corrected chi connectivity index (χ0v) is 13.4. The van der Waals surface area contributed by atoms with E-state index in [2.05, 4.69) is 5.32 Å². The van der Waals surface area contributed by atoms with Crippen LogP contribution in [0, 0.1) is 17.7 Å². The highest BCUT2D eigenvalue weighted by Gasteiger charge is 2.30. The number of hydrogen-bond acceptors (Lipinski definition) is 3. The Bertz CT molecular complexity index is 589. The molecule has 1 amide bonds. The predicted octanol–water partition coefficient (Wildman–Crippen LogP) is 2.31. The molecule has 1 aromatic carbocycles. The average Bonchev–Trinajstić information content (AvgIpc) is 2.91. The lowest BCUT2D eigenvalue weighted by Crippen LogP contribution is -2.31. The zero-order chi connectivity index (χ0) is 16.2. The van der Waals surface area contributed by atoms with Gasteiger partial charge in [-0.15, -0.1) is 0 Å². The van der Waals surface area contributed by atoms with Crippen LogP contribution in [0.2, 0.25) is 0 Å². The van der Waals surface area contributed by atoms with Crippen LogP contribution in [-0.2, 0) is 4.79 Å². The van der Waals surface area contributed by atoms with E-state index in [0.717, 1.165) is 39.0 Å². The normalized spacial score (nSPS) is 24.5. The smallest absolute Gasteiger partial charge is 0.246 e. The number of carbonyl (C=O) groups excluding carboxylic acids is 1. The van der Waals surface area contributed by atoms with Crippen molar-refractivity contribution < 1.29 is 13.9 Å². The molecular weight excluding hydrogens is 295 g/mol. The number of ether oxygens (including phenoxy) is 1. The highest BCUT2D eigenvalue weighted by Crippen LogP contribution is 2.27. The maximum absolute atomic E-state index is 13.7. The van der Waals surface area contributed by atoms with E-state index in [-0.39, 0.29) is 11.7 Å². The second-order valence-electron chi connectivity index (χ2n) is 6.31. The van der Waals surface area contributed by atoms with Crippen LogP contribution < -0.4 is 10.1 Å². The first-order valence-electron chi connectivity index (χ1n) is 8.18. The Balaban J connectivity index is 1.61. The molecule has 0 saturated carbocycles. The van der Waals surface area contributed by atoms with Crippen LogP contribution in [0.25, 0.3) is 6.08 Å². The monoisotopic (exact) mass is 318 g/mol. The Kier molecular flexibility index (Phi) is 4.96. The molecule has 3 rings (SSSR count). The summed E-state index contributed by atoms with van der Waals surface area (Å²) >= 11 is 0. The Morgan fingerprint density at radius 2 is 2.00 bits per heavy atom.